The van der Waals surface area contributed by atoms with E-state index < -0.39 is 11.5 Å². The number of aromatic hydroxyl groups is 1. The average Bonchev–Trinajstić information content (AvgIpc) is 2.23. The Morgan fingerprint density at radius 2 is 2.19 bits per heavy atom. The van der Waals surface area contributed by atoms with Crippen molar-refractivity contribution in [3.05, 3.63) is 28.2 Å². The van der Waals surface area contributed by atoms with Crippen molar-refractivity contribution < 1.29 is 19.4 Å². The number of carbonyl (C=O) groups is 1. The maximum atomic E-state index is 11.5. The highest BCUT2D eigenvalue weighted by Crippen LogP contribution is 2.13. The third-order valence-electron chi connectivity index (χ3n) is 1.95. The summed E-state index contributed by atoms with van der Waals surface area (Å²) < 4.78 is 10.7. The van der Waals surface area contributed by atoms with Gasteiger partial charge in [-0.3, -0.25) is 4.79 Å². The van der Waals surface area contributed by atoms with Crippen LogP contribution in [0.2, 0.25) is 0 Å². The molecule has 0 fully saturated rings. The van der Waals surface area contributed by atoms with Crippen molar-refractivity contribution in [1.29, 1.82) is 0 Å². The van der Waals surface area contributed by atoms with Crippen LogP contribution in [0.3, 0.4) is 0 Å². The van der Waals surface area contributed by atoms with E-state index in [1.807, 2.05) is 0 Å². The van der Waals surface area contributed by atoms with Gasteiger partial charge in [0.1, 0.15) is 17.9 Å². The summed E-state index contributed by atoms with van der Waals surface area (Å²) in [6.07, 6.45) is 1.23. The summed E-state index contributed by atoms with van der Waals surface area (Å²) in [7, 11) is 2.96. The molecular formula is C10H13NO5. The summed E-state index contributed by atoms with van der Waals surface area (Å²) in [6.45, 7) is 0.371. The second-order valence-corrected chi connectivity index (χ2v) is 3.15. The molecule has 0 radical (unpaired) electrons. The number of rotatable bonds is 4. The molecule has 1 N–H and O–H groups in total. The average molecular weight is 227 g/mol. The number of carbonyl (C=O) groups excluding carboxylic acids is 1. The number of ether oxygens (including phenoxy) is 2. The largest absolute Gasteiger partial charge is 0.507 e. The van der Waals surface area contributed by atoms with Crippen LogP contribution in [-0.2, 0) is 16.5 Å². The molecule has 0 unspecified atom stereocenters. The molecule has 6 nitrogen and oxygen atoms in total. The van der Waals surface area contributed by atoms with E-state index >= 15 is 0 Å². The highest BCUT2D eigenvalue weighted by molar-refractivity contribution is 5.91. The molecule has 0 aliphatic carbocycles. The van der Waals surface area contributed by atoms with Gasteiger partial charge in [-0.25, -0.2) is 4.79 Å². The van der Waals surface area contributed by atoms with Crippen molar-refractivity contribution in [3.8, 4) is 5.75 Å². The molecule has 6 heteroatoms. The van der Waals surface area contributed by atoms with Gasteiger partial charge in [-0.2, -0.15) is 0 Å². The molecule has 0 spiro atoms. The molecule has 0 atom stereocenters. The fourth-order valence-electron chi connectivity index (χ4n) is 1.07. The number of aromatic nitrogens is 1. The summed E-state index contributed by atoms with van der Waals surface area (Å²) in [4.78, 5) is 22.6. The summed E-state index contributed by atoms with van der Waals surface area (Å²) in [5.74, 6) is -1.07. The van der Waals surface area contributed by atoms with Gasteiger partial charge in [0.25, 0.3) is 5.56 Å². The Labute approximate surface area is 92.0 Å². The number of aryl methyl sites for hydroxylation is 1. The molecule has 0 amide bonds. The zero-order chi connectivity index (χ0) is 12.1. The number of hydrogen-bond acceptors (Lipinski definition) is 5. The van der Waals surface area contributed by atoms with Gasteiger partial charge < -0.3 is 19.1 Å². The zero-order valence-corrected chi connectivity index (χ0v) is 9.10. The maximum Gasteiger partial charge on any atom is 0.343 e. The lowest BCUT2D eigenvalue weighted by Crippen LogP contribution is -2.18. The second-order valence-electron chi connectivity index (χ2n) is 3.15. The molecule has 1 aromatic heterocycles. The first-order valence-corrected chi connectivity index (χ1v) is 4.62. The van der Waals surface area contributed by atoms with Crippen LogP contribution in [0.4, 0.5) is 0 Å². The number of esters is 1. The van der Waals surface area contributed by atoms with Crippen LogP contribution < -0.4 is 5.56 Å². The lowest BCUT2D eigenvalue weighted by molar-refractivity contribution is 0.0384. The van der Waals surface area contributed by atoms with E-state index in [2.05, 4.69) is 0 Å². The first kappa shape index (κ1) is 12.3. The smallest absolute Gasteiger partial charge is 0.343 e. The Hall–Kier alpha value is -1.82. The lowest BCUT2D eigenvalue weighted by atomic mass is 10.2. The molecule has 16 heavy (non-hydrogen) atoms. The van der Waals surface area contributed by atoms with Crippen LogP contribution in [0.15, 0.2) is 17.1 Å². The van der Waals surface area contributed by atoms with Crippen LogP contribution in [0.1, 0.15) is 10.4 Å². The van der Waals surface area contributed by atoms with Crippen LogP contribution in [0.5, 0.6) is 5.75 Å². The van der Waals surface area contributed by atoms with E-state index in [4.69, 9.17) is 9.47 Å². The fraction of sp³-hybridized carbons (Fsp3) is 0.400. The van der Waals surface area contributed by atoms with Gasteiger partial charge in [-0.1, -0.05) is 0 Å². The highest BCUT2D eigenvalue weighted by Gasteiger charge is 2.14. The predicted octanol–water partition coefficient (Wildman–Crippen LogP) is -0.106. The minimum Gasteiger partial charge on any atom is -0.507 e. The monoisotopic (exact) mass is 227 g/mol. The maximum absolute atomic E-state index is 11.5. The van der Waals surface area contributed by atoms with Crippen molar-refractivity contribution in [2.24, 2.45) is 7.05 Å². The molecule has 88 valence electrons. The minimum absolute atomic E-state index is 0.0433. The van der Waals surface area contributed by atoms with Gasteiger partial charge in [-0.15, -0.1) is 0 Å². The SMILES string of the molecule is COCCOC(=O)c1cn(C)c(=O)cc1O. The Bertz CT molecular complexity index is 437. The fourth-order valence-corrected chi connectivity index (χ4v) is 1.07. The van der Waals surface area contributed by atoms with E-state index in [-0.39, 0.29) is 24.5 Å². The van der Waals surface area contributed by atoms with E-state index in [1.54, 1.807) is 0 Å². The Balaban J connectivity index is 2.83. The second kappa shape index (κ2) is 5.32. The van der Waals surface area contributed by atoms with Crippen LogP contribution in [0.25, 0.3) is 0 Å². The van der Waals surface area contributed by atoms with Crippen molar-refractivity contribution in [2.75, 3.05) is 20.3 Å². The third-order valence-corrected chi connectivity index (χ3v) is 1.95. The van der Waals surface area contributed by atoms with Gasteiger partial charge in [-0.05, 0) is 0 Å². The Morgan fingerprint density at radius 1 is 1.50 bits per heavy atom. The molecule has 0 aliphatic rings. The van der Waals surface area contributed by atoms with Gasteiger partial charge in [0.05, 0.1) is 6.61 Å². The van der Waals surface area contributed by atoms with Crippen LogP contribution in [0, 0.1) is 0 Å². The van der Waals surface area contributed by atoms with E-state index in [0.29, 0.717) is 0 Å². The molecule has 1 aromatic rings. The third kappa shape index (κ3) is 2.83. The zero-order valence-electron chi connectivity index (χ0n) is 9.10. The number of hydrogen-bond donors (Lipinski definition) is 1. The van der Waals surface area contributed by atoms with E-state index in [0.717, 1.165) is 6.07 Å². The van der Waals surface area contributed by atoms with Gasteiger partial charge in [0, 0.05) is 26.4 Å². The summed E-state index contributed by atoms with van der Waals surface area (Å²) in [5, 5.41) is 9.40. The first-order valence-electron chi connectivity index (χ1n) is 4.62. The molecular weight excluding hydrogens is 214 g/mol. The topological polar surface area (TPSA) is 77.8 Å². The van der Waals surface area contributed by atoms with Crippen molar-refractivity contribution in [2.45, 2.75) is 0 Å². The molecule has 1 heterocycles. The van der Waals surface area contributed by atoms with Crippen LogP contribution >= 0.6 is 0 Å². The molecule has 0 aliphatic heterocycles. The number of methoxy groups -OCH3 is 1. The van der Waals surface area contributed by atoms with Crippen molar-refractivity contribution in [1.82, 2.24) is 4.57 Å². The Morgan fingerprint density at radius 3 is 2.81 bits per heavy atom. The van der Waals surface area contributed by atoms with E-state index in [9.17, 15) is 14.7 Å². The summed E-state index contributed by atoms with van der Waals surface area (Å²) in [6, 6.07) is 0.965. The summed E-state index contributed by atoms with van der Waals surface area (Å²) >= 11 is 0. The van der Waals surface area contributed by atoms with Crippen molar-refractivity contribution in [3.63, 3.8) is 0 Å². The number of nitrogens with zero attached hydrogens (tertiary/aromatic N) is 1. The van der Waals surface area contributed by atoms with Gasteiger partial charge in [0.2, 0.25) is 0 Å². The number of pyridine rings is 1. The molecule has 0 saturated carbocycles. The lowest BCUT2D eigenvalue weighted by Gasteiger charge is -2.06. The van der Waals surface area contributed by atoms with Crippen LogP contribution in [-0.4, -0.2) is 36.0 Å². The molecule has 1 rings (SSSR count). The molecule has 0 saturated heterocycles. The van der Waals surface area contributed by atoms with Crippen molar-refractivity contribution >= 4 is 5.97 Å². The standard InChI is InChI=1S/C10H13NO5/c1-11-6-7(8(12)5-9(11)13)10(14)16-4-3-15-2/h5-6,12H,3-4H2,1-2H3. The quantitative estimate of drug-likeness (QED) is 0.573. The van der Waals surface area contributed by atoms with Gasteiger partial charge in [0.15, 0.2) is 0 Å². The summed E-state index contributed by atoms with van der Waals surface area (Å²) in [5.41, 5.74) is -0.441. The highest BCUT2D eigenvalue weighted by atomic mass is 16.6. The van der Waals surface area contributed by atoms with Gasteiger partial charge >= 0.3 is 5.97 Å². The first-order chi connectivity index (χ1) is 7.56. The Kier molecular flexibility index (Phi) is 4.07. The van der Waals surface area contributed by atoms with E-state index in [1.165, 1.54) is 24.9 Å². The molecule has 0 bridgehead atoms. The predicted molar refractivity (Wildman–Crippen MR) is 55.5 cm³/mol. The minimum atomic E-state index is -0.690. The molecule has 0 aromatic carbocycles. The normalized spacial score (nSPS) is 10.1.